The van der Waals surface area contributed by atoms with E-state index in [0.717, 1.165) is 45.4 Å². The summed E-state index contributed by atoms with van der Waals surface area (Å²) in [5.41, 5.74) is 2.64. The largest absolute Gasteiger partial charge is 0.453 e. The number of likely N-dealkylation sites (tertiary alicyclic amines) is 1. The smallest absolute Gasteiger partial charge is 0.406 e. The van der Waals surface area contributed by atoms with Crippen molar-refractivity contribution in [2.24, 2.45) is 0 Å². The van der Waals surface area contributed by atoms with Gasteiger partial charge in [0.15, 0.2) is 0 Å². The molecule has 1 heterocycles. The molecular weight excluding hydrogens is 478 g/mol. The highest BCUT2D eigenvalue weighted by molar-refractivity contribution is 7.97. The van der Waals surface area contributed by atoms with Gasteiger partial charge in [-0.25, -0.2) is 9.10 Å². The fourth-order valence-corrected chi connectivity index (χ4v) is 6.21. The maximum absolute atomic E-state index is 11.9. The number of methoxy groups -OCH3 is 1. The first-order chi connectivity index (χ1) is 18.1. The van der Waals surface area contributed by atoms with Gasteiger partial charge in [0, 0.05) is 23.4 Å². The molecule has 0 bridgehead atoms. The van der Waals surface area contributed by atoms with Crippen LogP contribution >= 0.6 is 11.9 Å². The molecule has 3 aromatic rings. The van der Waals surface area contributed by atoms with Crippen LogP contribution in [0.25, 0.3) is 0 Å². The summed E-state index contributed by atoms with van der Waals surface area (Å²) >= 11 is 1.81. The highest BCUT2D eigenvalue weighted by Crippen LogP contribution is 2.36. The van der Waals surface area contributed by atoms with Crippen molar-refractivity contribution in [1.82, 2.24) is 14.5 Å². The molecule has 3 aromatic carbocycles. The molecule has 0 aliphatic carbocycles. The van der Waals surface area contributed by atoms with E-state index in [1.54, 1.807) is 0 Å². The lowest BCUT2D eigenvalue weighted by atomic mass is 9.72. The summed E-state index contributed by atoms with van der Waals surface area (Å²) in [6.45, 7) is 4.71. The van der Waals surface area contributed by atoms with Gasteiger partial charge in [-0.15, -0.1) is 0 Å². The zero-order valence-corrected chi connectivity index (χ0v) is 22.8. The summed E-state index contributed by atoms with van der Waals surface area (Å²) < 4.78 is 7.22. The summed E-state index contributed by atoms with van der Waals surface area (Å²) in [4.78, 5) is 15.7. The summed E-state index contributed by atoms with van der Waals surface area (Å²) in [5, 5.41) is 2.98. The number of benzene rings is 3. The summed E-state index contributed by atoms with van der Waals surface area (Å²) in [5.74, 6) is 0.462. The van der Waals surface area contributed by atoms with Crippen LogP contribution in [0.2, 0.25) is 0 Å². The van der Waals surface area contributed by atoms with E-state index in [9.17, 15) is 4.79 Å². The molecule has 0 saturated carbocycles. The first-order valence-electron chi connectivity index (χ1n) is 13.2. The van der Waals surface area contributed by atoms with Crippen molar-refractivity contribution in [3.05, 3.63) is 102 Å². The Morgan fingerprint density at radius 1 is 0.973 bits per heavy atom. The Labute approximate surface area is 226 Å². The van der Waals surface area contributed by atoms with Gasteiger partial charge in [0.2, 0.25) is 0 Å². The van der Waals surface area contributed by atoms with Crippen LogP contribution in [0.4, 0.5) is 4.79 Å². The van der Waals surface area contributed by atoms with Gasteiger partial charge in [-0.1, -0.05) is 78.9 Å². The van der Waals surface area contributed by atoms with Crippen LogP contribution in [0.15, 0.2) is 95.9 Å². The molecule has 4 rings (SSSR count). The van der Waals surface area contributed by atoms with Gasteiger partial charge in [0.25, 0.3) is 0 Å². The van der Waals surface area contributed by atoms with Crippen LogP contribution in [-0.4, -0.2) is 62.2 Å². The van der Waals surface area contributed by atoms with Crippen molar-refractivity contribution in [3.63, 3.8) is 0 Å². The third-order valence-corrected chi connectivity index (χ3v) is 8.45. The van der Waals surface area contributed by atoms with E-state index in [0.29, 0.717) is 12.5 Å². The number of nitrogens with one attached hydrogen (secondary N) is 1. The van der Waals surface area contributed by atoms with E-state index in [2.05, 4.69) is 113 Å². The minimum absolute atomic E-state index is 0.0582. The number of ether oxygens (including phenoxy) is 1. The van der Waals surface area contributed by atoms with E-state index in [1.165, 1.54) is 23.1 Å². The van der Waals surface area contributed by atoms with Gasteiger partial charge in [0.1, 0.15) is 0 Å². The molecule has 37 heavy (non-hydrogen) atoms. The maximum Gasteiger partial charge on any atom is 0.406 e. The topological polar surface area (TPSA) is 44.8 Å². The molecule has 5 nitrogen and oxygen atoms in total. The summed E-state index contributed by atoms with van der Waals surface area (Å²) in [6, 6.07) is 32.1. The molecular formula is C31H39N3O2S. The number of carbonyl (C=O) groups is 1. The molecule has 196 valence electrons. The van der Waals surface area contributed by atoms with Gasteiger partial charge >= 0.3 is 6.09 Å². The number of likely N-dealkylation sites (N-methyl/N-ethyl adjacent to an activating group) is 1. The van der Waals surface area contributed by atoms with Gasteiger partial charge in [-0.2, -0.15) is 0 Å². The van der Waals surface area contributed by atoms with E-state index < -0.39 is 0 Å². The van der Waals surface area contributed by atoms with Crippen molar-refractivity contribution >= 4 is 18.0 Å². The number of rotatable bonds is 11. The standard InChI is InChI=1S/C31H39N3O2S/c1-33(37-29-16-10-5-11-17-29)24-27(26-12-6-3-7-13-26)18-21-34-22-19-31(20-23-34,25-32-30(35)36-2)28-14-8-4-9-15-28/h3-17,27H,18-25H2,1-2H3,(H,32,35). The number of alkyl carbamates (subject to hydrolysis) is 1. The van der Waals surface area contributed by atoms with Gasteiger partial charge in [0.05, 0.1) is 7.11 Å². The van der Waals surface area contributed by atoms with Crippen LogP contribution in [0.3, 0.4) is 0 Å². The predicted octanol–water partition coefficient (Wildman–Crippen LogP) is 6.19. The van der Waals surface area contributed by atoms with Gasteiger partial charge < -0.3 is 15.0 Å². The lowest BCUT2D eigenvalue weighted by molar-refractivity contribution is 0.140. The molecule has 0 radical (unpaired) electrons. The molecule has 1 aliphatic heterocycles. The highest BCUT2D eigenvalue weighted by Gasteiger charge is 2.36. The Balaban J connectivity index is 1.37. The lowest BCUT2D eigenvalue weighted by Gasteiger charge is -2.42. The SMILES string of the molecule is COC(=O)NCC1(c2ccccc2)CCN(CCC(CN(C)Sc2ccccc2)c2ccccc2)CC1. The molecule has 0 spiro atoms. The number of hydrogen-bond acceptors (Lipinski definition) is 5. The molecule has 1 atom stereocenters. The third kappa shape index (κ3) is 7.84. The minimum atomic E-state index is -0.360. The Morgan fingerprint density at radius 2 is 1.57 bits per heavy atom. The van der Waals surface area contributed by atoms with Crippen molar-refractivity contribution < 1.29 is 9.53 Å². The number of piperidine rings is 1. The second-order valence-electron chi connectivity index (χ2n) is 9.94. The fourth-order valence-electron chi connectivity index (χ4n) is 5.31. The second-order valence-corrected chi connectivity index (χ2v) is 11.2. The Kier molecular flexibility index (Phi) is 10.1. The molecule has 1 aliphatic rings. The van der Waals surface area contributed by atoms with Crippen LogP contribution in [0, 0.1) is 0 Å². The highest BCUT2D eigenvalue weighted by atomic mass is 32.2. The zero-order chi connectivity index (χ0) is 25.9. The number of hydrogen-bond donors (Lipinski definition) is 1. The van der Waals surface area contributed by atoms with Gasteiger partial charge in [-0.3, -0.25) is 0 Å². The summed E-state index contributed by atoms with van der Waals surface area (Å²) in [7, 11) is 3.61. The molecule has 1 unspecified atom stereocenters. The third-order valence-electron chi connectivity index (χ3n) is 7.50. The van der Waals surface area contributed by atoms with Crippen molar-refractivity contribution in [2.45, 2.75) is 35.5 Å². The minimum Gasteiger partial charge on any atom is -0.453 e. The number of nitrogens with zero attached hydrogens (tertiary/aromatic N) is 2. The van der Waals surface area contributed by atoms with Crippen LogP contribution in [0.1, 0.15) is 36.3 Å². The fraction of sp³-hybridized carbons (Fsp3) is 0.387. The number of amides is 1. The zero-order valence-electron chi connectivity index (χ0n) is 22.0. The molecule has 6 heteroatoms. The molecule has 1 saturated heterocycles. The van der Waals surface area contributed by atoms with Crippen molar-refractivity contribution in [2.75, 3.05) is 46.9 Å². The van der Waals surface area contributed by atoms with Crippen molar-refractivity contribution in [1.29, 1.82) is 0 Å². The predicted molar refractivity (Wildman–Crippen MR) is 153 cm³/mol. The Morgan fingerprint density at radius 3 is 2.19 bits per heavy atom. The molecule has 1 fully saturated rings. The first-order valence-corrected chi connectivity index (χ1v) is 13.9. The van der Waals surface area contributed by atoms with E-state index >= 15 is 0 Å². The van der Waals surface area contributed by atoms with Crippen molar-refractivity contribution in [3.8, 4) is 0 Å². The number of carbonyl (C=O) groups excluding carboxylic acids is 1. The van der Waals surface area contributed by atoms with Crippen LogP contribution in [-0.2, 0) is 10.2 Å². The molecule has 1 amide bonds. The first kappa shape index (κ1) is 27.2. The molecule has 1 N–H and O–H groups in total. The average Bonchev–Trinajstić information content (AvgIpc) is 2.96. The summed E-state index contributed by atoms with van der Waals surface area (Å²) in [6.07, 6.45) is 2.78. The normalized spacial score (nSPS) is 16.3. The second kappa shape index (κ2) is 13.7. The van der Waals surface area contributed by atoms with Gasteiger partial charge in [-0.05, 0) is 87.1 Å². The average molecular weight is 518 g/mol. The lowest BCUT2D eigenvalue weighted by Crippen LogP contribution is -2.49. The van der Waals surface area contributed by atoms with E-state index in [4.69, 9.17) is 4.74 Å². The van der Waals surface area contributed by atoms with E-state index in [1.807, 2.05) is 11.9 Å². The quantitative estimate of drug-likeness (QED) is 0.307. The Bertz CT molecular complexity index is 1070. The molecule has 0 aromatic heterocycles. The van der Waals surface area contributed by atoms with Crippen LogP contribution in [0.5, 0.6) is 0 Å². The maximum atomic E-state index is 11.9. The van der Waals surface area contributed by atoms with E-state index in [-0.39, 0.29) is 11.5 Å². The van der Waals surface area contributed by atoms with Crippen LogP contribution < -0.4 is 5.32 Å². The Hall–Kier alpha value is -2.80. The monoisotopic (exact) mass is 517 g/mol.